The Morgan fingerprint density at radius 2 is 2.19 bits per heavy atom. The van der Waals surface area contributed by atoms with E-state index in [0.29, 0.717) is 19.4 Å². The van der Waals surface area contributed by atoms with Crippen LogP contribution in [-0.4, -0.2) is 19.5 Å². The van der Waals surface area contributed by atoms with Crippen LogP contribution in [0.3, 0.4) is 0 Å². The van der Waals surface area contributed by atoms with Gasteiger partial charge in [-0.05, 0) is 22.4 Å². The van der Waals surface area contributed by atoms with Crippen LogP contribution in [0.5, 0.6) is 0 Å². The van der Waals surface area contributed by atoms with Gasteiger partial charge in [0.05, 0.1) is 6.61 Å². The SMILES string of the molecule is COCCC(=O)Cc1csc2ccccc12. The van der Waals surface area contributed by atoms with E-state index in [-0.39, 0.29) is 5.78 Å². The fourth-order valence-electron chi connectivity index (χ4n) is 1.69. The second-order valence-corrected chi connectivity index (χ2v) is 4.63. The molecular formula is C13H14O2S. The Morgan fingerprint density at radius 1 is 1.38 bits per heavy atom. The molecule has 2 nitrogen and oxygen atoms in total. The lowest BCUT2D eigenvalue weighted by atomic mass is 10.1. The molecule has 0 aliphatic rings. The summed E-state index contributed by atoms with van der Waals surface area (Å²) < 4.78 is 6.15. The number of thiophene rings is 1. The number of carbonyl (C=O) groups is 1. The van der Waals surface area contributed by atoms with Crippen LogP contribution in [0.25, 0.3) is 10.1 Å². The molecule has 1 aromatic carbocycles. The summed E-state index contributed by atoms with van der Waals surface area (Å²) in [4.78, 5) is 11.6. The quantitative estimate of drug-likeness (QED) is 0.794. The van der Waals surface area contributed by atoms with Gasteiger partial charge in [-0.25, -0.2) is 0 Å². The van der Waals surface area contributed by atoms with Crippen molar-refractivity contribution in [2.24, 2.45) is 0 Å². The zero-order valence-corrected chi connectivity index (χ0v) is 10.0. The van der Waals surface area contributed by atoms with Gasteiger partial charge >= 0.3 is 0 Å². The highest BCUT2D eigenvalue weighted by molar-refractivity contribution is 7.17. The summed E-state index contributed by atoms with van der Waals surface area (Å²) in [5.41, 5.74) is 1.14. The number of carbonyl (C=O) groups excluding carboxylic acids is 1. The zero-order chi connectivity index (χ0) is 11.4. The number of rotatable bonds is 5. The summed E-state index contributed by atoms with van der Waals surface area (Å²) in [5, 5.41) is 3.29. The molecule has 1 heterocycles. The number of ketones is 1. The van der Waals surface area contributed by atoms with Gasteiger partial charge in [0, 0.05) is 24.7 Å². The average Bonchev–Trinajstić information content (AvgIpc) is 2.70. The van der Waals surface area contributed by atoms with Gasteiger partial charge in [0.25, 0.3) is 0 Å². The average molecular weight is 234 g/mol. The summed E-state index contributed by atoms with van der Waals surface area (Å²) >= 11 is 1.70. The van der Waals surface area contributed by atoms with E-state index in [1.54, 1.807) is 18.4 Å². The molecule has 0 unspecified atom stereocenters. The molecule has 2 rings (SSSR count). The van der Waals surface area contributed by atoms with Crippen LogP contribution < -0.4 is 0 Å². The van der Waals surface area contributed by atoms with Gasteiger partial charge in [-0.3, -0.25) is 4.79 Å². The first-order chi connectivity index (χ1) is 7.81. The molecule has 0 N–H and O–H groups in total. The standard InChI is InChI=1S/C13H14O2S/c1-15-7-6-11(14)8-10-9-16-13-5-3-2-4-12(10)13/h2-5,9H,6-8H2,1H3. The van der Waals surface area contributed by atoms with E-state index in [9.17, 15) is 4.79 Å². The molecule has 0 saturated heterocycles. The summed E-state index contributed by atoms with van der Waals surface area (Å²) in [6, 6.07) is 8.20. The third-order valence-electron chi connectivity index (χ3n) is 2.53. The minimum absolute atomic E-state index is 0.241. The molecule has 0 spiro atoms. The maximum atomic E-state index is 11.6. The Labute approximate surface area is 98.9 Å². The van der Waals surface area contributed by atoms with Crippen molar-refractivity contribution in [3.8, 4) is 0 Å². The molecule has 1 aromatic heterocycles. The molecule has 0 saturated carbocycles. The van der Waals surface area contributed by atoms with E-state index < -0.39 is 0 Å². The highest BCUT2D eigenvalue weighted by Gasteiger charge is 2.08. The molecule has 0 amide bonds. The van der Waals surface area contributed by atoms with E-state index in [4.69, 9.17) is 4.74 Å². The Kier molecular flexibility index (Phi) is 3.70. The summed E-state index contributed by atoms with van der Waals surface area (Å²) in [6.07, 6.45) is 1.02. The van der Waals surface area contributed by atoms with Crippen molar-refractivity contribution in [3.05, 3.63) is 35.2 Å². The topological polar surface area (TPSA) is 26.3 Å². The Bertz CT molecular complexity index is 487. The molecule has 3 heteroatoms. The predicted molar refractivity (Wildman–Crippen MR) is 67.0 cm³/mol. The minimum atomic E-state index is 0.241. The number of ether oxygens (including phenoxy) is 1. The van der Waals surface area contributed by atoms with Gasteiger partial charge in [-0.15, -0.1) is 11.3 Å². The number of hydrogen-bond donors (Lipinski definition) is 0. The van der Waals surface area contributed by atoms with Crippen molar-refractivity contribution in [2.75, 3.05) is 13.7 Å². The first-order valence-corrected chi connectivity index (χ1v) is 6.15. The Hall–Kier alpha value is -1.19. The molecule has 0 radical (unpaired) electrons. The molecule has 84 valence electrons. The number of hydrogen-bond acceptors (Lipinski definition) is 3. The van der Waals surface area contributed by atoms with Crippen molar-refractivity contribution < 1.29 is 9.53 Å². The third-order valence-corrected chi connectivity index (χ3v) is 3.55. The van der Waals surface area contributed by atoms with Crippen LogP contribution in [0.15, 0.2) is 29.6 Å². The molecule has 0 fully saturated rings. The number of benzene rings is 1. The second-order valence-electron chi connectivity index (χ2n) is 3.72. The lowest BCUT2D eigenvalue weighted by molar-refractivity contribution is -0.119. The third kappa shape index (κ3) is 2.49. The van der Waals surface area contributed by atoms with E-state index in [0.717, 1.165) is 5.56 Å². The van der Waals surface area contributed by atoms with Gasteiger partial charge in [0.1, 0.15) is 5.78 Å². The van der Waals surface area contributed by atoms with Gasteiger partial charge < -0.3 is 4.74 Å². The lowest BCUT2D eigenvalue weighted by Gasteiger charge is -1.99. The van der Waals surface area contributed by atoms with E-state index in [1.165, 1.54) is 10.1 Å². The molecule has 0 bridgehead atoms. The Morgan fingerprint density at radius 3 is 3.00 bits per heavy atom. The highest BCUT2D eigenvalue weighted by atomic mass is 32.1. The fraction of sp³-hybridized carbons (Fsp3) is 0.308. The van der Waals surface area contributed by atoms with Crippen LogP contribution in [0, 0.1) is 0 Å². The molecule has 2 aromatic rings. The molecule has 16 heavy (non-hydrogen) atoms. The molecule has 0 atom stereocenters. The van der Waals surface area contributed by atoms with Crippen LogP contribution in [0.2, 0.25) is 0 Å². The van der Waals surface area contributed by atoms with Crippen molar-refractivity contribution in [1.29, 1.82) is 0 Å². The molecule has 0 aliphatic carbocycles. The van der Waals surface area contributed by atoms with Crippen molar-refractivity contribution in [3.63, 3.8) is 0 Å². The van der Waals surface area contributed by atoms with Crippen molar-refractivity contribution >= 4 is 27.2 Å². The second kappa shape index (κ2) is 5.23. The minimum Gasteiger partial charge on any atom is -0.384 e. The van der Waals surface area contributed by atoms with Crippen molar-refractivity contribution in [1.82, 2.24) is 0 Å². The number of Topliss-reactive ketones (excluding diaryl/α,β-unsaturated/α-hetero) is 1. The van der Waals surface area contributed by atoms with Crippen LogP contribution in [0.4, 0.5) is 0 Å². The molecule has 0 aliphatic heterocycles. The molecular weight excluding hydrogens is 220 g/mol. The fourth-order valence-corrected chi connectivity index (χ4v) is 2.65. The van der Waals surface area contributed by atoms with Crippen molar-refractivity contribution in [2.45, 2.75) is 12.8 Å². The van der Waals surface area contributed by atoms with E-state index >= 15 is 0 Å². The summed E-state index contributed by atoms with van der Waals surface area (Å²) in [6.45, 7) is 0.515. The van der Waals surface area contributed by atoms with Crippen LogP contribution >= 0.6 is 11.3 Å². The highest BCUT2D eigenvalue weighted by Crippen LogP contribution is 2.26. The zero-order valence-electron chi connectivity index (χ0n) is 9.23. The summed E-state index contributed by atoms with van der Waals surface area (Å²) in [5.74, 6) is 0.241. The number of methoxy groups -OCH3 is 1. The largest absolute Gasteiger partial charge is 0.384 e. The van der Waals surface area contributed by atoms with Gasteiger partial charge in [-0.2, -0.15) is 0 Å². The van der Waals surface area contributed by atoms with E-state index in [2.05, 4.69) is 17.5 Å². The van der Waals surface area contributed by atoms with Gasteiger partial charge in [0.2, 0.25) is 0 Å². The first-order valence-electron chi connectivity index (χ1n) is 5.27. The normalized spacial score (nSPS) is 10.8. The maximum absolute atomic E-state index is 11.6. The van der Waals surface area contributed by atoms with Crippen LogP contribution in [-0.2, 0) is 16.0 Å². The first kappa shape index (κ1) is 11.3. The van der Waals surface area contributed by atoms with Gasteiger partial charge in [0.15, 0.2) is 0 Å². The smallest absolute Gasteiger partial charge is 0.139 e. The lowest BCUT2D eigenvalue weighted by Crippen LogP contribution is -2.05. The number of fused-ring (bicyclic) bond motifs is 1. The van der Waals surface area contributed by atoms with E-state index in [1.807, 2.05) is 12.1 Å². The van der Waals surface area contributed by atoms with Crippen LogP contribution in [0.1, 0.15) is 12.0 Å². The van der Waals surface area contributed by atoms with Gasteiger partial charge in [-0.1, -0.05) is 18.2 Å². The maximum Gasteiger partial charge on any atom is 0.139 e. The monoisotopic (exact) mass is 234 g/mol. The Balaban J connectivity index is 2.12. The summed E-state index contributed by atoms with van der Waals surface area (Å²) in [7, 11) is 1.62. The predicted octanol–water partition coefficient (Wildman–Crippen LogP) is 3.05.